The molecule has 1 aromatic carbocycles. The molecule has 0 amide bonds. The highest BCUT2D eigenvalue weighted by atomic mass is 16.5. The van der Waals surface area contributed by atoms with E-state index in [1.807, 2.05) is 13.0 Å². The third kappa shape index (κ3) is 6.07. The monoisotopic (exact) mass is 316 g/mol. The highest BCUT2D eigenvalue weighted by molar-refractivity contribution is 5.68. The van der Waals surface area contributed by atoms with E-state index >= 15 is 0 Å². The molecule has 4 heteroatoms. The molecule has 0 heterocycles. The van der Waals surface area contributed by atoms with E-state index in [0.717, 1.165) is 24.2 Å². The van der Waals surface area contributed by atoms with Gasteiger partial charge in [0.1, 0.15) is 18.1 Å². The summed E-state index contributed by atoms with van der Waals surface area (Å²) in [7, 11) is 0. The predicted molar refractivity (Wildman–Crippen MR) is 90.5 cm³/mol. The average molecular weight is 316 g/mol. The van der Waals surface area contributed by atoms with Gasteiger partial charge in [-0.1, -0.05) is 31.9 Å². The number of carboxylic acid groups (broad SMARTS) is 1. The summed E-state index contributed by atoms with van der Waals surface area (Å²) in [4.78, 5) is 10.5. The second-order valence-electron chi connectivity index (χ2n) is 5.29. The molecule has 0 unspecified atom stereocenters. The molecule has 124 valence electrons. The third-order valence-electron chi connectivity index (χ3n) is 3.65. The van der Waals surface area contributed by atoms with Crippen molar-refractivity contribution in [3.8, 4) is 18.1 Å². The second kappa shape index (κ2) is 9.58. The third-order valence-corrected chi connectivity index (χ3v) is 3.65. The summed E-state index contributed by atoms with van der Waals surface area (Å²) < 4.78 is 10.8. The highest BCUT2D eigenvalue weighted by Crippen LogP contribution is 2.28. The van der Waals surface area contributed by atoms with E-state index in [0.29, 0.717) is 11.7 Å². The fourth-order valence-electron chi connectivity index (χ4n) is 2.37. The molecule has 0 radical (unpaired) electrons. The van der Waals surface area contributed by atoms with E-state index in [4.69, 9.17) is 21.0 Å². The van der Waals surface area contributed by atoms with Crippen LogP contribution in [0.3, 0.4) is 0 Å². The highest BCUT2D eigenvalue weighted by Gasteiger charge is 2.10. The van der Waals surface area contributed by atoms with E-state index in [1.165, 1.54) is 11.6 Å². The summed E-state index contributed by atoms with van der Waals surface area (Å²) in [5.41, 5.74) is 2.34. The molecule has 1 N–H and O–H groups in total. The van der Waals surface area contributed by atoms with Crippen LogP contribution < -0.4 is 4.74 Å². The number of hydrogen-bond donors (Lipinski definition) is 1. The van der Waals surface area contributed by atoms with Crippen molar-refractivity contribution >= 4 is 5.97 Å². The van der Waals surface area contributed by atoms with E-state index in [1.54, 1.807) is 0 Å². The first-order valence-corrected chi connectivity index (χ1v) is 7.74. The molecule has 0 aliphatic heterocycles. The maximum absolute atomic E-state index is 10.5. The SMILES string of the molecule is C#C/C=C(/COc1ccc(C(CC)CC)cc1C)OCC(=O)O. The largest absolute Gasteiger partial charge is 0.485 e. The van der Waals surface area contributed by atoms with Crippen molar-refractivity contribution in [2.24, 2.45) is 0 Å². The zero-order chi connectivity index (χ0) is 17.2. The minimum Gasteiger partial charge on any atom is -0.485 e. The number of aryl methyl sites for hydroxylation is 1. The molecular weight excluding hydrogens is 292 g/mol. The summed E-state index contributed by atoms with van der Waals surface area (Å²) in [5, 5.41) is 8.64. The lowest BCUT2D eigenvalue weighted by Crippen LogP contribution is -2.11. The molecule has 1 aromatic rings. The molecule has 23 heavy (non-hydrogen) atoms. The van der Waals surface area contributed by atoms with Crippen LogP contribution in [0.5, 0.6) is 5.75 Å². The maximum atomic E-state index is 10.5. The Morgan fingerprint density at radius 3 is 2.57 bits per heavy atom. The van der Waals surface area contributed by atoms with Crippen molar-refractivity contribution in [2.45, 2.75) is 39.5 Å². The van der Waals surface area contributed by atoms with Gasteiger partial charge in [0, 0.05) is 6.08 Å². The molecule has 0 bridgehead atoms. The smallest absolute Gasteiger partial charge is 0.341 e. The number of carboxylic acids is 1. The van der Waals surface area contributed by atoms with Gasteiger partial charge < -0.3 is 14.6 Å². The molecule has 0 aliphatic carbocycles. The molecule has 4 nitrogen and oxygen atoms in total. The number of carbonyl (C=O) groups is 1. The standard InChI is InChI=1S/C19H24O4/c1-5-8-17(22-13-19(20)21)12-23-18-10-9-16(11-14(18)4)15(6-2)7-3/h1,8-11,15H,6-7,12-13H2,2-4H3,(H,20,21)/b17-8-. The van der Waals surface area contributed by atoms with Crippen LogP contribution in [0.25, 0.3) is 0 Å². The number of allylic oxidation sites excluding steroid dienone is 1. The van der Waals surface area contributed by atoms with Crippen LogP contribution in [0.15, 0.2) is 30.0 Å². The lowest BCUT2D eigenvalue weighted by atomic mass is 9.93. The Morgan fingerprint density at radius 1 is 1.35 bits per heavy atom. The minimum absolute atomic E-state index is 0.0999. The minimum atomic E-state index is -1.06. The number of benzene rings is 1. The van der Waals surface area contributed by atoms with E-state index in [2.05, 4.69) is 31.9 Å². The van der Waals surface area contributed by atoms with Crippen LogP contribution in [0.2, 0.25) is 0 Å². The van der Waals surface area contributed by atoms with Gasteiger partial charge in [0.05, 0.1) is 0 Å². The van der Waals surface area contributed by atoms with Crippen LogP contribution in [0.1, 0.15) is 43.7 Å². The van der Waals surface area contributed by atoms with Gasteiger partial charge in [-0.3, -0.25) is 0 Å². The molecule has 0 saturated heterocycles. The van der Waals surface area contributed by atoms with Gasteiger partial charge in [-0.25, -0.2) is 4.79 Å². The van der Waals surface area contributed by atoms with Gasteiger partial charge in [0.2, 0.25) is 0 Å². The Kier molecular flexibility index (Phi) is 7.76. The number of ether oxygens (including phenoxy) is 2. The van der Waals surface area contributed by atoms with Gasteiger partial charge >= 0.3 is 5.97 Å². The summed E-state index contributed by atoms with van der Waals surface area (Å²) in [6.07, 6.45) is 8.79. The molecule has 1 rings (SSSR count). The van der Waals surface area contributed by atoms with Crippen molar-refractivity contribution in [1.82, 2.24) is 0 Å². The number of rotatable bonds is 9. The predicted octanol–water partition coefficient (Wildman–Crippen LogP) is 3.90. The van der Waals surface area contributed by atoms with Crippen LogP contribution in [-0.2, 0) is 9.53 Å². The molecule has 0 spiro atoms. The lowest BCUT2D eigenvalue weighted by molar-refractivity contribution is -0.141. The Hall–Kier alpha value is -2.41. The maximum Gasteiger partial charge on any atom is 0.341 e. The van der Waals surface area contributed by atoms with Crippen molar-refractivity contribution in [3.63, 3.8) is 0 Å². The van der Waals surface area contributed by atoms with Crippen LogP contribution in [-0.4, -0.2) is 24.3 Å². The molecule has 0 aliphatic rings. The first-order valence-electron chi connectivity index (χ1n) is 7.74. The summed E-state index contributed by atoms with van der Waals surface area (Å²) >= 11 is 0. The summed E-state index contributed by atoms with van der Waals surface area (Å²) in [6.45, 7) is 6.02. The molecule has 0 saturated carbocycles. The summed E-state index contributed by atoms with van der Waals surface area (Å²) in [6, 6.07) is 6.14. The second-order valence-corrected chi connectivity index (χ2v) is 5.29. The van der Waals surface area contributed by atoms with E-state index < -0.39 is 12.6 Å². The van der Waals surface area contributed by atoms with E-state index in [9.17, 15) is 4.79 Å². The first-order chi connectivity index (χ1) is 11.0. The fourth-order valence-corrected chi connectivity index (χ4v) is 2.37. The van der Waals surface area contributed by atoms with Crippen LogP contribution in [0, 0.1) is 19.3 Å². The quantitative estimate of drug-likeness (QED) is 0.554. The molecule has 0 fully saturated rings. The zero-order valence-corrected chi connectivity index (χ0v) is 14.0. The zero-order valence-electron chi connectivity index (χ0n) is 14.0. The topological polar surface area (TPSA) is 55.8 Å². The van der Waals surface area contributed by atoms with Crippen molar-refractivity contribution in [1.29, 1.82) is 0 Å². The Morgan fingerprint density at radius 2 is 2.04 bits per heavy atom. The summed E-state index contributed by atoms with van der Waals surface area (Å²) in [5.74, 6) is 2.87. The van der Waals surface area contributed by atoms with Crippen molar-refractivity contribution in [3.05, 3.63) is 41.2 Å². The molecular formula is C19H24O4. The van der Waals surface area contributed by atoms with Crippen molar-refractivity contribution in [2.75, 3.05) is 13.2 Å². The average Bonchev–Trinajstić information content (AvgIpc) is 2.52. The Balaban J connectivity index is 2.75. The van der Waals surface area contributed by atoms with Crippen LogP contribution in [0.4, 0.5) is 0 Å². The molecule has 0 atom stereocenters. The van der Waals surface area contributed by atoms with Gasteiger partial charge in [0.15, 0.2) is 6.61 Å². The van der Waals surface area contributed by atoms with Crippen LogP contribution >= 0.6 is 0 Å². The fraction of sp³-hybridized carbons (Fsp3) is 0.421. The number of aliphatic carboxylic acids is 1. The van der Waals surface area contributed by atoms with Gasteiger partial charge in [-0.05, 0) is 42.9 Å². The lowest BCUT2D eigenvalue weighted by Gasteiger charge is -2.16. The van der Waals surface area contributed by atoms with Gasteiger partial charge in [-0.15, -0.1) is 6.42 Å². The van der Waals surface area contributed by atoms with E-state index in [-0.39, 0.29) is 6.61 Å². The Labute approximate surface area is 138 Å². The number of hydrogen-bond acceptors (Lipinski definition) is 3. The first kappa shape index (κ1) is 18.6. The molecule has 0 aromatic heterocycles. The van der Waals surface area contributed by atoms with Crippen molar-refractivity contribution < 1.29 is 19.4 Å². The normalized spacial score (nSPS) is 11.2. The van der Waals surface area contributed by atoms with Gasteiger partial charge in [-0.2, -0.15) is 0 Å². The Bertz CT molecular complexity index is 592. The number of terminal acetylenes is 1. The van der Waals surface area contributed by atoms with Gasteiger partial charge in [0.25, 0.3) is 0 Å².